The van der Waals surface area contributed by atoms with Gasteiger partial charge in [-0.25, -0.2) is 10.9 Å². The fourth-order valence-corrected chi connectivity index (χ4v) is 4.37. The van der Waals surface area contributed by atoms with Crippen LogP contribution in [0.15, 0.2) is 144 Å². The summed E-state index contributed by atoms with van der Waals surface area (Å²) < 4.78 is 0. The lowest BCUT2D eigenvalue weighted by Gasteiger charge is -2.07. The minimum Gasteiger partial charge on any atom is -0.267 e. The van der Waals surface area contributed by atoms with Crippen molar-refractivity contribution in [2.75, 3.05) is 0 Å². The molecule has 0 saturated heterocycles. The molecule has 0 atom stereocenters. The zero-order chi connectivity index (χ0) is 29.3. The molecule has 0 radical (unpaired) electrons. The molecular weight excluding hydrogens is 520 g/mol. The molecule has 0 heterocycles. The van der Waals surface area contributed by atoms with Gasteiger partial charge in [0.05, 0.1) is 11.4 Å². The second kappa shape index (κ2) is 13.2. The first-order valence-corrected chi connectivity index (χ1v) is 13.6. The van der Waals surface area contributed by atoms with Gasteiger partial charge < -0.3 is 0 Å². The maximum atomic E-state index is 12.6. The lowest BCUT2D eigenvalue weighted by Crippen LogP contribution is -2.19. The SMILES string of the molecule is C/C(=N\NC(=O)c1ccc(-c2ccccc2)cc1)c1ccc(/C(C)=N/NC(=O)c2ccc(-c3ccccc3)cc2)cc1. The summed E-state index contributed by atoms with van der Waals surface area (Å²) in [4.78, 5) is 25.2. The lowest BCUT2D eigenvalue weighted by atomic mass is 10.0. The molecule has 6 heteroatoms. The van der Waals surface area contributed by atoms with Crippen LogP contribution in [0.25, 0.3) is 22.3 Å². The molecule has 0 spiro atoms. The van der Waals surface area contributed by atoms with Gasteiger partial charge in [-0.05, 0) is 71.5 Å². The van der Waals surface area contributed by atoms with Crippen LogP contribution in [0, 0.1) is 0 Å². The van der Waals surface area contributed by atoms with Gasteiger partial charge in [-0.3, -0.25) is 9.59 Å². The van der Waals surface area contributed by atoms with Crippen molar-refractivity contribution >= 4 is 23.2 Å². The Morgan fingerprint density at radius 1 is 0.405 bits per heavy atom. The normalized spacial score (nSPS) is 11.6. The van der Waals surface area contributed by atoms with E-state index in [2.05, 4.69) is 21.1 Å². The third-order valence-electron chi connectivity index (χ3n) is 6.88. The number of amides is 2. The molecule has 6 nitrogen and oxygen atoms in total. The van der Waals surface area contributed by atoms with Crippen LogP contribution in [0.5, 0.6) is 0 Å². The van der Waals surface area contributed by atoms with E-state index in [0.29, 0.717) is 22.6 Å². The summed E-state index contributed by atoms with van der Waals surface area (Å²) in [6.07, 6.45) is 0. The minimum atomic E-state index is -0.279. The number of benzene rings is 5. The molecule has 0 unspecified atom stereocenters. The average Bonchev–Trinajstić information content (AvgIpc) is 3.06. The number of nitrogens with one attached hydrogen (secondary N) is 2. The molecule has 2 amide bonds. The van der Waals surface area contributed by atoms with E-state index < -0.39 is 0 Å². The maximum absolute atomic E-state index is 12.6. The first-order valence-electron chi connectivity index (χ1n) is 13.6. The summed E-state index contributed by atoms with van der Waals surface area (Å²) in [6.45, 7) is 3.66. The second-order valence-electron chi connectivity index (χ2n) is 9.74. The Labute approximate surface area is 245 Å². The smallest absolute Gasteiger partial charge is 0.267 e. The molecule has 0 aliphatic rings. The van der Waals surface area contributed by atoms with Gasteiger partial charge in [0, 0.05) is 11.1 Å². The van der Waals surface area contributed by atoms with Crippen molar-refractivity contribution in [1.29, 1.82) is 0 Å². The number of hydrogen-bond donors (Lipinski definition) is 2. The van der Waals surface area contributed by atoms with E-state index in [0.717, 1.165) is 33.4 Å². The van der Waals surface area contributed by atoms with Crippen LogP contribution in [0.4, 0.5) is 0 Å². The molecule has 0 saturated carbocycles. The summed E-state index contributed by atoms with van der Waals surface area (Å²) in [5.41, 5.74) is 13.6. The molecule has 0 aliphatic heterocycles. The zero-order valence-corrected chi connectivity index (χ0v) is 23.4. The molecule has 0 aliphatic carbocycles. The quantitative estimate of drug-likeness (QED) is 0.157. The summed E-state index contributed by atoms with van der Waals surface area (Å²) in [7, 11) is 0. The Kier molecular flexibility index (Phi) is 8.75. The number of carbonyl (C=O) groups is 2. The van der Waals surface area contributed by atoms with Crippen LogP contribution in [-0.2, 0) is 0 Å². The summed E-state index contributed by atoms with van der Waals surface area (Å²) >= 11 is 0. The van der Waals surface area contributed by atoms with Crippen LogP contribution in [0.1, 0.15) is 45.7 Å². The summed E-state index contributed by atoms with van der Waals surface area (Å²) in [5, 5.41) is 8.55. The van der Waals surface area contributed by atoms with E-state index in [1.807, 2.05) is 123 Å². The number of hydrazone groups is 2. The maximum Gasteiger partial charge on any atom is 0.271 e. The molecule has 0 aromatic heterocycles. The lowest BCUT2D eigenvalue weighted by molar-refractivity contribution is 0.0947. The van der Waals surface area contributed by atoms with Crippen LogP contribution >= 0.6 is 0 Å². The van der Waals surface area contributed by atoms with Crippen molar-refractivity contribution in [3.8, 4) is 22.3 Å². The molecule has 0 bridgehead atoms. The van der Waals surface area contributed by atoms with E-state index in [9.17, 15) is 9.59 Å². The summed E-state index contributed by atoms with van der Waals surface area (Å²) in [6, 6.07) is 42.5. The van der Waals surface area contributed by atoms with Crippen molar-refractivity contribution < 1.29 is 9.59 Å². The van der Waals surface area contributed by atoms with Gasteiger partial charge in [0.2, 0.25) is 0 Å². The van der Waals surface area contributed by atoms with Crippen molar-refractivity contribution in [2.24, 2.45) is 10.2 Å². The van der Waals surface area contributed by atoms with Crippen LogP contribution in [0.3, 0.4) is 0 Å². The number of carbonyl (C=O) groups excluding carboxylic acids is 2. The molecular formula is C36H30N4O2. The largest absolute Gasteiger partial charge is 0.271 e. The Bertz CT molecular complexity index is 1590. The predicted octanol–water partition coefficient (Wildman–Crippen LogP) is 7.33. The van der Waals surface area contributed by atoms with E-state index in [1.54, 1.807) is 24.3 Å². The third-order valence-corrected chi connectivity index (χ3v) is 6.88. The first kappa shape index (κ1) is 27.9. The van der Waals surface area contributed by atoms with Crippen LogP contribution in [-0.4, -0.2) is 23.2 Å². The Morgan fingerprint density at radius 2 is 0.690 bits per heavy atom. The monoisotopic (exact) mass is 550 g/mol. The number of rotatable bonds is 8. The average molecular weight is 551 g/mol. The Balaban J connectivity index is 1.16. The highest BCUT2D eigenvalue weighted by Crippen LogP contribution is 2.20. The second-order valence-corrected chi connectivity index (χ2v) is 9.74. The van der Waals surface area contributed by atoms with E-state index in [1.165, 1.54) is 0 Å². The van der Waals surface area contributed by atoms with E-state index in [-0.39, 0.29) is 11.8 Å². The zero-order valence-electron chi connectivity index (χ0n) is 23.4. The van der Waals surface area contributed by atoms with E-state index >= 15 is 0 Å². The van der Waals surface area contributed by atoms with Crippen molar-refractivity contribution in [2.45, 2.75) is 13.8 Å². The van der Waals surface area contributed by atoms with E-state index in [4.69, 9.17) is 0 Å². The molecule has 5 aromatic carbocycles. The standard InChI is InChI=1S/C36H30N4O2/c1-25(37-39-35(41)33-21-17-31(18-22-33)29-9-5-3-6-10-29)27-13-15-28(16-14-27)26(2)38-40-36(42)34-23-19-32(20-24-34)30-11-7-4-8-12-30/h3-24H,1-2H3,(H,39,41)(H,40,42)/b37-25+,38-26+. The van der Waals surface area contributed by atoms with Gasteiger partial charge in [0.15, 0.2) is 0 Å². The Hall–Kier alpha value is -5.62. The fourth-order valence-electron chi connectivity index (χ4n) is 4.37. The first-order chi connectivity index (χ1) is 20.5. The molecule has 2 N–H and O–H groups in total. The third kappa shape index (κ3) is 6.92. The molecule has 206 valence electrons. The molecule has 5 aromatic rings. The van der Waals surface area contributed by atoms with Gasteiger partial charge in [-0.15, -0.1) is 0 Å². The van der Waals surface area contributed by atoms with Gasteiger partial charge in [-0.2, -0.15) is 10.2 Å². The van der Waals surface area contributed by atoms with Gasteiger partial charge >= 0.3 is 0 Å². The highest BCUT2D eigenvalue weighted by molar-refractivity contribution is 6.04. The topological polar surface area (TPSA) is 82.9 Å². The molecule has 42 heavy (non-hydrogen) atoms. The number of nitrogens with zero attached hydrogens (tertiary/aromatic N) is 2. The van der Waals surface area contributed by atoms with Crippen LogP contribution in [0.2, 0.25) is 0 Å². The minimum absolute atomic E-state index is 0.279. The van der Waals surface area contributed by atoms with Gasteiger partial charge in [0.25, 0.3) is 11.8 Å². The van der Waals surface area contributed by atoms with Crippen molar-refractivity contribution in [3.63, 3.8) is 0 Å². The fraction of sp³-hybridized carbons (Fsp3) is 0.0556. The highest BCUT2D eigenvalue weighted by Gasteiger charge is 2.08. The van der Waals surface area contributed by atoms with Crippen molar-refractivity contribution in [3.05, 3.63) is 156 Å². The Morgan fingerprint density at radius 3 is 1.02 bits per heavy atom. The highest BCUT2D eigenvalue weighted by atomic mass is 16.2. The van der Waals surface area contributed by atoms with Crippen LogP contribution < -0.4 is 10.9 Å². The number of hydrogen-bond acceptors (Lipinski definition) is 4. The molecule has 5 rings (SSSR count). The predicted molar refractivity (Wildman–Crippen MR) is 170 cm³/mol. The molecule has 0 fully saturated rings. The van der Waals surface area contributed by atoms with Gasteiger partial charge in [-0.1, -0.05) is 109 Å². The van der Waals surface area contributed by atoms with Crippen molar-refractivity contribution in [1.82, 2.24) is 10.9 Å². The van der Waals surface area contributed by atoms with Gasteiger partial charge in [0.1, 0.15) is 0 Å². The summed E-state index contributed by atoms with van der Waals surface area (Å²) in [5.74, 6) is -0.557.